The zero-order valence-corrected chi connectivity index (χ0v) is 13.6. The summed E-state index contributed by atoms with van der Waals surface area (Å²) in [4.78, 5) is 28.1. The van der Waals surface area contributed by atoms with Crippen molar-refractivity contribution >= 4 is 11.6 Å². The number of nitrogens with zero attached hydrogens (tertiary/aromatic N) is 2. The van der Waals surface area contributed by atoms with Gasteiger partial charge >= 0.3 is 0 Å². The van der Waals surface area contributed by atoms with E-state index in [-0.39, 0.29) is 11.3 Å². The van der Waals surface area contributed by atoms with Gasteiger partial charge in [-0.25, -0.2) is 4.98 Å². The van der Waals surface area contributed by atoms with Crippen molar-refractivity contribution in [2.75, 3.05) is 5.32 Å². The second-order valence-electron chi connectivity index (χ2n) is 6.10. The fourth-order valence-electron chi connectivity index (χ4n) is 3.21. The number of hydrogen-bond donors (Lipinski definition) is 1. The van der Waals surface area contributed by atoms with Gasteiger partial charge < -0.3 is 9.88 Å². The van der Waals surface area contributed by atoms with Crippen molar-refractivity contribution in [3.63, 3.8) is 0 Å². The Kier molecular flexibility index (Phi) is 3.90. The Morgan fingerprint density at radius 3 is 2.64 bits per heavy atom. The quantitative estimate of drug-likeness (QED) is 0.802. The molecule has 25 heavy (non-hydrogen) atoms. The van der Waals surface area contributed by atoms with E-state index in [1.54, 1.807) is 29.2 Å². The van der Waals surface area contributed by atoms with E-state index in [0.717, 1.165) is 30.4 Å². The molecule has 1 aromatic carbocycles. The molecular formula is C20H17N3O2. The molecule has 5 nitrogen and oxygen atoms in total. The SMILES string of the molecule is O=C(Nc1ccc(-n2ccc(=O)cc2)nc1)c1cccc2c1CCC2. The summed E-state index contributed by atoms with van der Waals surface area (Å²) in [6.45, 7) is 0. The van der Waals surface area contributed by atoms with Gasteiger partial charge in [0.05, 0.1) is 11.9 Å². The summed E-state index contributed by atoms with van der Waals surface area (Å²) in [5, 5.41) is 2.92. The zero-order chi connectivity index (χ0) is 17.2. The molecule has 124 valence electrons. The molecule has 0 atom stereocenters. The molecule has 0 aliphatic heterocycles. The standard InChI is InChI=1S/C20H17N3O2/c24-16-9-11-23(12-10-16)19-8-7-15(13-21-19)22-20(25)18-6-2-4-14-3-1-5-17(14)18/h2,4,6-13H,1,3,5H2,(H,22,25). The van der Waals surface area contributed by atoms with E-state index in [4.69, 9.17) is 0 Å². The average Bonchev–Trinajstić information content (AvgIpc) is 3.12. The Balaban J connectivity index is 1.53. The molecule has 5 heteroatoms. The summed E-state index contributed by atoms with van der Waals surface area (Å²) in [5.41, 5.74) is 3.79. The predicted octanol–water partition coefficient (Wildman–Crippen LogP) is 2.97. The topological polar surface area (TPSA) is 64.0 Å². The van der Waals surface area contributed by atoms with Gasteiger partial charge in [-0.1, -0.05) is 12.1 Å². The molecule has 4 rings (SSSR count). The Bertz CT molecular complexity index is 970. The van der Waals surface area contributed by atoms with Crippen LogP contribution in [0.2, 0.25) is 0 Å². The van der Waals surface area contributed by atoms with Crippen molar-refractivity contribution < 1.29 is 4.79 Å². The van der Waals surface area contributed by atoms with Crippen LogP contribution in [0.25, 0.3) is 5.82 Å². The Labute approximate surface area is 145 Å². The lowest BCUT2D eigenvalue weighted by atomic mass is 10.0. The first-order valence-corrected chi connectivity index (χ1v) is 8.27. The van der Waals surface area contributed by atoms with Gasteiger partial charge in [-0.15, -0.1) is 0 Å². The fraction of sp³-hybridized carbons (Fsp3) is 0.150. The van der Waals surface area contributed by atoms with Crippen LogP contribution in [-0.4, -0.2) is 15.5 Å². The van der Waals surface area contributed by atoms with E-state index in [1.165, 1.54) is 17.7 Å². The number of carbonyl (C=O) groups is 1. The summed E-state index contributed by atoms with van der Waals surface area (Å²) in [5.74, 6) is 0.579. The van der Waals surface area contributed by atoms with Gasteiger partial charge in [-0.05, 0) is 48.6 Å². The third-order valence-electron chi connectivity index (χ3n) is 4.46. The van der Waals surface area contributed by atoms with Crippen LogP contribution in [0.4, 0.5) is 5.69 Å². The minimum absolute atomic E-state index is 0.0458. The number of fused-ring (bicyclic) bond motifs is 1. The first-order chi connectivity index (χ1) is 12.2. The lowest BCUT2D eigenvalue weighted by molar-refractivity contribution is 0.102. The summed E-state index contributed by atoms with van der Waals surface area (Å²) in [7, 11) is 0. The van der Waals surface area contributed by atoms with Gasteiger partial charge in [-0.3, -0.25) is 9.59 Å². The van der Waals surface area contributed by atoms with Crippen LogP contribution in [0.15, 0.2) is 65.8 Å². The molecule has 3 aromatic rings. The maximum atomic E-state index is 12.6. The molecule has 0 radical (unpaired) electrons. The lowest BCUT2D eigenvalue weighted by Crippen LogP contribution is -2.14. The summed E-state index contributed by atoms with van der Waals surface area (Å²) in [6.07, 6.45) is 8.06. The number of hydrogen-bond acceptors (Lipinski definition) is 3. The smallest absolute Gasteiger partial charge is 0.255 e. The number of aryl methyl sites for hydroxylation is 1. The minimum Gasteiger partial charge on any atom is -0.321 e. The Morgan fingerprint density at radius 2 is 1.88 bits per heavy atom. The van der Waals surface area contributed by atoms with E-state index < -0.39 is 0 Å². The van der Waals surface area contributed by atoms with Crippen molar-refractivity contribution in [3.05, 3.63) is 88.0 Å². The first kappa shape index (κ1) is 15.3. The van der Waals surface area contributed by atoms with Crippen molar-refractivity contribution in [3.8, 4) is 5.82 Å². The van der Waals surface area contributed by atoms with Crippen LogP contribution in [0.5, 0.6) is 0 Å². The van der Waals surface area contributed by atoms with Crippen molar-refractivity contribution in [2.24, 2.45) is 0 Å². The molecule has 1 N–H and O–H groups in total. The molecule has 0 unspecified atom stereocenters. The molecule has 2 heterocycles. The number of nitrogens with one attached hydrogen (secondary N) is 1. The minimum atomic E-state index is -0.100. The van der Waals surface area contributed by atoms with Crippen LogP contribution in [-0.2, 0) is 12.8 Å². The van der Waals surface area contributed by atoms with E-state index in [2.05, 4.69) is 16.4 Å². The molecule has 0 saturated heterocycles. The third-order valence-corrected chi connectivity index (χ3v) is 4.46. The van der Waals surface area contributed by atoms with Crippen LogP contribution >= 0.6 is 0 Å². The van der Waals surface area contributed by atoms with E-state index in [9.17, 15) is 9.59 Å². The number of aromatic nitrogens is 2. The molecule has 1 aliphatic carbocycles. The maximum Gasteiger partial charge on any atom is 0.255 e. The van der Waals surface area contributed by atoms with Gasteiger partial charge in [0.1, 0.15) is 5.82 Å². The molecular weight excluding hydrogens is 314 g/mol. The number of pyridine rings is 2. The van der Waals surface area contributed by atoms with Crippen LogP contribution in [0, 0.1) is 0 Å². The molecule has 2 aromatic heterocycles. The number of benzene rings is 1. The molecule has 1 amide bonds. The van der Waals surface area contributed by atoms with Gasteiger partial charge in [-0.2, -0.15) is 0 Å². The van der Waals surface area contributed by atoms with E-state index in [0.29, 0.717) is 11.5 Å². The molecule has 0 fully saturated rings. The Hall–Kier alpha value is -3.21. The van der Waals surface area contributed by atoms with Gasteiger partial charge in [0.15, 0.2) is 5.43 Å². The average molecular weight is 331 g/mol. The predicted molar refractivity (Wildman–Crippen MR) is 96.3 cm³/mol. The highest BCUT2D eigenvalue weighted by molar-refractivity contribution is 6.05. The highest BCUT2D eigenvalue weighted by atomic mass is 16.1. The van der Waals surface area contributed by atoms with Crippen LogP contribution < -0.4 is 10.7 Å². The number of amides is 1. The number of rotatable bonds is 3. The second kappa shape index (κ2) is 6.36. The van der Waals surface area contributed by atoms with Gasteiger partial charge in [0.25, 0.3) is 5.91 Å². The van der Waals surface area contributed by atoms with Crippen LogP contribution in [0.3, 0.4) is 0 Å². The third kappa shape index (κ3) is 3.08. The van der Waals surface area contributed by atoms with Crippen molar-refractivity contribution in [1.82, 2.24) is 9.55 Å². The van der Waals surface area contributed by atoms with Crippen LogP contribution in [0.1, 0.15) is 27.9 Å². The zero-order valence-electron chi connectivity index (χ0n) is 13.6. The summed E-state index contributed by atoms with van der Waals surface area (Å²) >= 11 is 0. The largest absolute Gasteiger partial charge is 0.321 e. The lowest BCUT2D eigenvalue weighted by Gasteiger charge is -2.10. The summed E-state index contributed by atoms with van der Waals surface area (Å²) in [6, 6.07) is 12.5. The van der Waals surface area contributed by atoms with Crippen molar-refractivity contribution in [1.29, 1.82) is 0 Å². The number of anilines is 1. The summed E-state index contributed by atoms with van der Waals surface area (Å²) < 4.78 is 1.75. The molecule has 1 aliphatic rings. The second-order valence-corrected chi connectivity index (χ2v) is 6.10. The maximum absolute atomic E-state index is 12.6. The van der Waals surface area contributed by atoms with E-state index >= 15 is 0 Å². The van der Waals surface area contributed by atoms with Gasteiger partial charge in [0.2, 0.25) is 0 Å². The fourth-order valence-corrected chi connectivity index (χ4v) is 3.21. The van der Waals surface area contributed by atoms with Crippen molar-refractivity contribution in [2.45, 2.75) is 19.3 Å². The monoisotopic (exact) mass is 331 g/mol. The molecule has 0 spiro atoms. The van der Waals surface area contributed by atoms with E-state index in [1.807, 2.05) is 18.2 Å². The highest BCUT2D eigenvalue weighted by Crippen LogP contribution is 2.25. The molecule has 0 bridgehead atoms. The van der Waals surface area contributed by atoms with Gasteiger partial charge in [0, 0.05) is 30.1 Å². The number of carbonyl (C=O) groups excluding carboxylic acids is 1. The first-order valence-electron chi connectivity index (χ1n) is 8.27. The highest BCUT2D eigenvalue weighted by Gasteiger charge is 2.18. The molecule has 0 saturated carbocycles. The normalized spacial score (nSPS) is 12.6. The Morgan fingerprint density at radius 1 is 1.04 bits per heavy atom.